The molecule has 2 unspecified atom stereocenters. The van der Waals surface area contributed by atoms with Crippen LogP contribution in [0.5, 0.6) is 0 Å². The Hall–Kier alpha value is -2.83. The summed E-state index contributed by atoms with van der Waals surface area (Å²) in [5.74, 6) is 0.486. The number of nitrogens with zero attached hydrogens (tertiary/aromatic N) is 4. The van der Waals surface area contributed by atoms with Crippen molar-refractivity contribution in [2.75, 3.05) is 13.1 Å². The standard InChI is InChI=1S/C25H34N6O/c1-6-16(2)19-14-27-22-18(19)11-17(13-26-22)20-12-21-25(8-10-31(21)29-20)7-9-30(15-25)23(32)28-24(3,4)5/h11-14,16H,6-10,15H2,1-5H3,(H,26,27)(H,28,32). The molecule has 0 aliphatic carbocycles. The highest BCUT2D eigenvalue weighted by molar-refractivity contribution is 5.84. The maximum Gasteiger partial charge on any atom is 0.317 e. The summed E-state index contributed by atoms with van der Waals surface area (Å²) in [7, 11) is 0. The van der Waals surface area contributed by atoms with Crippen molar-refractivity contribution in [2.24, 2.45) is 0 Å². The van der Waals surface area contributed by atoms with Crippen molar-refractivity contribution in [2.45, 2.75) is 77.3 Å². The van der Waals surface area contributed by atoms with Gasteiger partial charge in [0.25, 0.3) is 0 Å². The minimum atomic E-state index is -0.227. The first-order valence-corrected chi connectivity index (χ1v) is 11.8. The number of carbonyl (C=O) groups excluding carboxylic acids is 1. The summed E-state index contributed by atoms with van der Waals surface area (Å²) in [4.78, 5) is 22.7. The Kier molecular flexibility index (Phi) is 4.84. The maximum atomic E-state index is 12.7. The van der Waals surface area contributed by atoms with Gasteiger partial charge in [-0.15, -0.1) is 0 Å². The molecule has 2 atom stereocenters. The lowest BCUT2D eigenvalue weighted by Crippen LogP contribution is -2.48. The highest BCUT2D eigenvalue weighted by Crippen LogP contribution is 2.44. The zero-order valence-corrected chi connectivity index (χ0v) is 19.8. The Balaban J connectivity index is 1.43. The van der Waals surface area contributed by atoms with E-state index in [4.69, 9.17) is 5.10 Å². The molecule has 0 saturated carbocycles. The fourth-order valence-corrected chi connectivity index (χ4v) is 5.25. The molecule has 0 radical (unpaired) electrons. The highest BCUT2D eigenvalue weighted by atomic mass is 16.2. The molecule has 1 spiro atoms. The molecule has 7 heteroatoms. The number of rotatable bonds is 3. The van der Waals surface area contributed by atoms with Crippen LogP contribution in [0.4, 0.5) is 4.79 Å². The van der Waals surface area contributed by atoms with Gasteiger partial charge in [-0.1, -0.05) is 13.8 Å². The number of aromatic nitrogens is 4. The third-order valence-corrected chi connectivity index (χ3v) is 7.25. The van der Waals surface area contributed by atoms with E-state index in [9.17, 15) is 4.79 Å². The van der Waals surface area contributed by atoms with Crippen molar-refractivity contribution < 1.29 is 4.79 Å². The van der Waals surface area contributed by atoms with E-state index >= 15 is 0 Å². The first-order chi connectivity index (χ1) is 15.2. The predicted molar refractivity (Wildman–Crippen MR) is 127 cm³/mol. The van der Waals surface area contributed by atoms with E-state index in [0.29, 0.717) is 5.92 Å². The predicted octanol–water partition coefficient (Wildman–Crippen LogP) is 4.80. The molecule has 2 aliphatic heterocycles. The van der Waals surface area contributed by atoms with Crippen LogP contribution in [0.2, 0.25) is 0 Å². The molecule has 2 amide bonds. The largest absolute Gasteiger partial charge is 0.346 e. The lowest BCUT2D eigenvalue weighted by atomic mass is 9.82. The van der Waals surface area contributed by atoms with Gasteiger partial charge in [-0.25, -0.2) is 9.78 Å². The molecule has 1 fully saturated rings. The number of nitrogens with one attached hydrogen (secondary N) is 2. The van der Waals surface area contributed by atoms with Gasteiger partial charge >= 0.3 is 6.03 Å². The lowest BCUT2D eigenvalue weighted by Gasteiger charge is -2.27. The van der Waals surface area contributed by atoms with Crippen molar-refractivity contribution in [3.05, 3.63) is 35.8 Å². The van der Waals surface area contributed by atoms with E-state index in [1.165, 1.54) is 16.6 Å². The maximum absolute atomic E-state index is 12.7. The molecule has 0 aromatic carbocycles. The summed E-state index contributed by atoms with van der Waals surface area (Å²) in [6.07, 6.45) is 7.14. The van der Waals surface area contributed by atoms with Crippen LogP contribution in [0, 0.1) is 0 Å². The van der Waals surface area contributed by atoms with Gasteiger partial charge < -0.3 is 15.2 Å². The smallest absolute Gasteiger partial charge is 0.317 e. The van der Waals surface area contributed by atoms with Crippen molar-refractivity contribution in [3.63, 3.8) is 0 Å². The van der Waals surface area contributed by atoms with Crippen LogP contribution in [0.1, 0.15) is 71.1 Å². The number of aryl methyl sites for hydroxylation is 1. The number of pyridine rings is 1. The fraction of sp³-hybridized carbons (Fsp3) is 0.560. The molecular formula is C25H34N6O. The number of fused-ring (bicyclic) bond motifs is 3. The third kappa shape index (κ3) is 3.48. The third-order valence-electron chi connectivity index (χ3n) is 7.25. The van der Waals surface area contributed by atoms with E-state index < -0.39 is 0 Å². The van der Waals surface area contributed by atoms with Gasteiger partial charge in [0, 0.05) is 59.6 Å². The second-order valence-electron chi connectivity index (χ2n) is 10.7. The van der Waals surface area contributed by atoms with Crippen LogP contribution < -0.4 is 5.32 Å². The van der Waals surface area contributed by atoms with Crippen LogP contribution in [-0.4, -0.2) is 49.3 Å². The number of aromatic amines is 1. The normalized spacial score (nSPS) is 21.5. The molecule has 2 N–H and O–H groups in total. The SMILES string of the molecule is CCC(C)c1c[nH]c2ncc(-c3cc4n(n3)CCC43CCN(C(=O)NC(C)(C)C)C3)cc12. The van der Waals surface area contributed by atoms with E-state index in [1.54, 1.807) is 0 Å². The number of H-pyrrole nitrogens is 1. The summed E-state index contributed by atoms with van der Waals surface area (Å²) in [6.45, 7) is 13.0. The van der Waals surface area contributed by atoms with Gasteiger partial charge in [-0.3, -0.25) is 4.68 Å². The summed E-state index contributed by atoms with van der Waals surface area (Å²) in [5, 5.41) is 9.24. The van der Waals surface area contributed by atoms with Gasteiger partial charge in [0.05, 0.1) is 5.69 Å². The molecule has 5 rings (SSSR count). The Morgan fingerprint density at radius 1 is 1.28 bits per heavy atom. The number of amides is 2. The van der Waals surface area contributed by atoms with Crippen molar-refractivity contribution >= 4 is 17.1 Å². The van der Waals surface area contributed by atoms with Crippen molar-refractivity contribution in [1.29, 1.82) is 0 Å². The van der Waals surface area contributed by atoms with Gasteiger partial charge in [0.1, 0.15) is 5.65 Å². The quantitative estimate of drug-likeness (QED) is 0.622. The van der Waals surface area contributed by atoms with Crippen LogP contribution in [-0.2, 0) is 12.0 Å². The van der Waals surface area contributed by atoms with Gasteiger partial charge in [-0.05, 0) is 63.6 Å². The first-order valence-electron chi connectivity index (χ1n) is 11.8. The molecule has 1 saturated heterocycles. The average Bonchev–Trinajstić information content (AvgIpc) is 3.50. The number of likely N-dealkylation sites (tertiary alicyclic amines) is 1. The molecule has 5 heterocycles. The van der Waals surface area contributed by atoms with Crippen LogP contribution in [0.3, 0.4) is 0 Å². The Labute approximate surface area is 189 Å². The molecule has 0 bridgehead atoms. The number of hydrogen-bond acceptors (Lipinski definition) is 3. The Bertz CT molecular complexity index is 1170. The van der Waals surface area contributed by atoms with Crippen LogP contribution >= 0.6 is 0 Å². The summed E-state index contributed by atoms with van der Waals surface area (Å²) in [6, 6.07) is 4.49. The van der Waals surface area contributed by atoms with Crippen LogP contribution in [0.15, 0.2) is 24.5 Å². The number of carbonyl (C=O) groups is 1. The van der Waals surface area contributed by atoms with Gasteiger partial charge in [0.2, 0.25) is 0 Å². The first kappa shape index (κ1) is 21.0. The summed E-state index contributed by atoms with van der Waals surface area (Å²) < 4.78 is 2.15. The van der Waals surface area contributed by atoms with E-state index in [-0.39, 0.29) is 17.0 Å². The van der Waals surface area contributed by atoms with Crippen LogP contribution in [0.25, 0.3) is 22.3 Å². The second-order valence-corrected chi connectivity index (χ2v) is 10.7. The molecule has 3 aromatic heterocycles. The van der Waals surface area contributed by atoms with E-state index in [2.05, 4.69) is 52.1 Å². The summed E-state index contributed by atoms with van der Waals surface area (Å²) >= 11 is 0. The second kappa shape index (κ2) is 7.36. The minimum absolute atomic E-state index is 0.00791. The van der Waals surface area contributed by atoms with E-state index in [1.807, 2.05) is 31.9 Å². The average molecular weight is 435 g/mol. The zero-order chi connectivity index (χ0) is 22.7. The lowest BCUT2D eigenvalue weighted by molar-refractivity contribution is 0.196. The fourth-order valence-electron chi connectivity index (χ4n) is 5.25. The van der Waals surface area contributed by atoms with E-state index in [0.717, 1.165) is 55.8 Å². The molecular weight excluding hydrogens is 400 g/mol. The number of hydrogen-bond donors (Lipinski definition) is 2. The monoisotopic (exact) mass is 434 g/mol. The Morgan fingerprint density at radius 2 is 2.06 bits per heavy atom. The highest BCUT2D eigenvalue weighted by Gasteiger charge is 2.47. The minimum Gasteiger partial charge on any atom is -0.346 e. The molecule has 170 valence electrons. The van der Waals surface area contributed by atoms with Crippen molar-refractivity contribution in [3.8, 4) is 11.3 Å². The molecule has 32 heavy (non-hydrogen) atoms. The van der Waals surface area contributed by atoms with Gasteiger partial charge in [-0.2, -0.15) is 5.10 Å². The molecule has 2 aliphatic rings. The zero-order valence-electron chi connectivity index (χ0n) is 19.8. The molecule has 3 aromatic rings. The number of urea groups is 1. The Morgan fingerprint density at radius 3 is 2.81 bits per heavy atom. The van der Waals surface area contributed by atoms with Gasteiger partial charge in [0.15, 0.2) is 0 Å². The molecule has 7 nitrogen and oxygen atoms in total. The topological polar surface area (TPSA) is 78.8 Å². The summed E-state index contributed by atoms with van der Waals surface area (Å²) in [5.41, 5.74) is 5.32. The van der Waals surface area contributed by atoms with Crippen molar-refractivity contribution in [1.82, 2.24) is 30.0 Å².